The minimum atomic E-state index is -0.151. The molecule has 0 unspecified atom stereocenters. The molecule has 1 heterocycles. The summed E-state index contributed by atoms with van der Waals surface area (Å²) in [5.74, 6) is 0.673. The highest BCUT2D eigenvalue weighted by Gasteiger charge is 2.10. The number of benzene rings is 1. The minimum Gasteiger partial charge on any atom is -0.453 e. The molecular formula is C14H13NO3. The highest BCUT2D eigenvalue weighted by atomic mass is 16.3. The quantitative estimate of drug-likeness (QED) is 0.843. The lowest BCUT2D eigenvalue weighted by Gasteiger charge is -2.08. The van der Waals surface area contributed by atoms with E-state index < -0.39 is 0 Å². The third-order valence-corrected chi connectivity index (χ3v) is 2.49. The Labute approximate surface area is 105 Å². The number of amides is 1. The Hall–Kier alpha value is -2.36. The first-order valence-corrected chi connectivity index (χ1v) is 5.54. The average Bonchev–Trinajstić information content (AvgIpc) is 2.79. The first kappa shape index (κ1) is 12.1. The molecule has 1 aromatic heterocycles. The molecule has 18 heavy (non-hydrogen) atoms. The van der Waals surface area contributed by atoms with Crippen LogP contribution in [-0.2, 0) is 4.79 Å². The fourth-order valence-corrected chi connectivity index (χ4v) is 1.72. The molecule has 0 atom stereocenters. The van der Waals surface area contributed by atoms with Gasteiger partial charge in [0.2, 0.25) is 5.91 Å². The predicted octanol–water partition coefficient (Wildman–Crippen LogP) is 3.03. The second kappa shape index (κ2) is 4.87. The number of aryl methyl sites for hydroxylation is 1. The van der Waals surface area contributed by atoms with Gasteiger partial charge in [-0.2, -0.15) is 0 Å². The van der Waals surface area contributed by atoms with Gasteiger partial charge in [-0.3, -0.25) is 9.59 Å². The summed E-state index contributed by atoms with van der Waals surface area (Å²) in [6, 6.07) is 8.93. The van der Waals surface area contributed by atoms with Crippen molar-refractivity contribution >= 4 is 17.9 Å². The lowest BCUT2D eigenvalue weighted by Crippen LogP contribution is -2.06. The number of rotatable bonds is 3. The monoisotopic (exact) mass is 243 g/mol. The Kier molecular flexibility index (Phi) is 3.28. The van der Waals surface area contributed by atoms with Crippen LogP contribution in [0.4, 0.5) is 5.69 Å². The van der Waals surface area contributed by atoms with E-state index in [2.05, 4.69) is 5.32 Å². The Balaban J connectivity index is 2.49. The predicted molar refractivity (Wildman–Crippen MR) is 68.6 cm³/mol. The van der Waals surface area contributed by atoms with Gasteiger partial charge in [0.1, 0.15) is 5.76 Å². The van der Waals surface area contributed by atoms with Gasteiger partial charge in [0.25, 0.3) is 0 Å². The van der Waals surface area contributed by atoms with Crippen molar-refractivity contribution < 1.29 is 14.0 Å². The Morgan fingerprint density at radius 3 is 2.67 bits per heavy atom. The Bertz CT molecular complexity index is 599. The van der Waals surface area contributed by atoms with Crippen molar-refractivity contribution in [2.45, 2.75) is 13.8 Å². The maximum Gasteiger partial charge on any atom is 0.221 e. The van der Waals surface area contributed by atoms with E-state index in [1.165, 1.54) is 6.92 Å². The van der Waals surface area contributed by atoms with Crippen LogP contribution in [0, 0.1) is 6.92 Å². The first-order valence-electron chi connectivity index (χ1n) is 5.54. The van der Waals surface area contributed by atoms with Crippen LogP contribution in [0.2, 0.25) is 0 Å². The molecule has 0 aliphatic heterocycles. The molecule has 0 bridgehead atoms. The van der Waals surface area contributed by atoms with Crippen LogP contribution < -0.4 is 5.32 Å². The van der Waals surface area contributed by atoms with Gasteiger partial charge in [0.15, 0.2) is 12.0 Å². The summed E-state index contributed by atoms with van der Waals surface area (Å²) >= 11 is 0. The highest BCUT2D eigenvalue weighted by molar-refractivity contribution is 5.93. The number of carbonyl (C=O) groups is 2. The molecule has 4 heteroatoms. The first-order chi connectivity index (χ1) is 8.60. The number of anilines is 1. The topological polar surface area (TPSA) is 59.3 Å². The molecule has 1 amide bonds. The molecule has 0 aliphatic rings. The second-order valence-corrected chi connectivity index (χ2v) is 4.05. The molecule has 4 nitrogen and oxygen atoms in total. The van der Waals surface area contributed by atoms with Crippen LogP contribution >= 0.6 is 0 Å². The van der Waals surface area contributed by atoms with Crippen LogP contribution in [0.3, 0.4) is 0 Å². The maximum absolute atomic E-state index is 11.1. The smallest absolute Gasteiger partial charge is 0.221 e. The van der Waals surface area contributed by atoms with Crippen molar-refractivity contribution in [1.29, 1.82) is 0 Å². The third-order valence-electron chi connectivity index (χ3n) is 2.49. The van der Waals surface area contributed by atoms with E-state index in [1.807, 2.05) is 25.1 Å². The highest BCUT2D eigenvalue weighted by Crippen LogP contribution is 2.30. The van der Waals surface area contributed by atoms with E-state index in [1.54, 1.807) is 12.1 Å². The van der Waals surface area contributed by atoms with E-state index in [4.69, 9.17) is 4.42 Å². The summed E-state index contributed by atoms with van der Waals surface area (Å²) in [5.41, 5.74) is 2.47. The lowest BCUT2D eigenvalue weighted by atomic mass is 10.1. The lowest BCUT2D eigenvalue weighted by molar-refractivity contribution is -0.114. The summed E-state index contributed by atoms with van der Waals surface area (Å²) in [6.45, 7) is 3.40. The van der Waals surface area contributed by atoms with Crippen molar-refractivity contribution in [2.24, 2.45) is 0 Å². The van der Waals surface area contributed by atoms with Gasteiger partial charge in [-0.15, -0.1) is 0 Å². The van der Waals surface area contributed by atoms with E-state index in [9.17, 15) is 9.59 Å². The van der Waals surface area contributed by atoms with Gasteiger partial charge >= 0.3 is 0 Å². The largest absolute Gasteiger partial charge is 0.453 e. The average molecular weight is 243 g/mol. The third kappa shape index (κ3) is 2.48. The normalized spacial score (nSPS) is 10.1. The van der Waals surface area contributed by atoms with Gasteiger partial charge in [-0.05, 0) is 31.2 Å². The van der Waals surface area contributed by atoms with Crippen LogP contribution in [0.1, 0.15) is 23.0 Å². The number of hydrogen-bond acceptors (Lipinski definition) is 3. The number of nitrogens with one attached hydrogen (secondary N) is 1. The summed E-state index contributed by atoms with van der Waals surface area (Å²) in [6.07, 6.45) is 0.650. The molecule has 2 rings (SSSR count). The molecule has 0 saturated heterocycles. The Morgan fingerprint density at radius 2 is 2.06 bits per heavy atom. The molecule has 0 fully saturated rings. The molecule has 1 N–H and O–H groups in total. The van der Waals surface area contributed by atoms with Crippen LogP contribution in [0.5, 0.6) is 0 Å². The van der Waals surface area contributed by atoms with Gasteiger partial charge in [-0.1, -0.05) is 11.6 Å². The zero-order valence-electron chi connectivity index (χ0n) is 10.2. The zero-order valence-corrected chi connectivity index (χ0v) is 10.2. The van der Waals surface area contributed by atoms with Crippen molar-refractivity contribution in [1.82, 2.24) is 0 Å². The molecule has 1 aromatic carbocycles. The number of aldehydes is 1. The molecule has 2 aromatic rings. The molecular weight excluding hydrogens is 230 g/mol. The number of hydrogen-bond donors (Lipinski definition) is 1. The maximum atomic E-state index is 11.1. The second-order valence-electron chi connectivity index (χ2n) is 4.05. The van der Waals surface area contributed by atoms with Gasteiger partial charge in [0.05, 0.1) is 5.69 Å². The van der Waals surface area contributed by atoms with Gasteiger partial charge in [0, 0.05) is 12.5 Å². The Morgan fingerprint density at radius 1 is 1.28 bits per heavy atom. The summed E-state index contributed by atoms with van der Waals surface area (Å²) in [7, 11) is 0. The zero-order chi connectivity index (χ0) is 13.1. The summed E-state index contributed by atoms with van der Waals surface area (Å²) in [4.78, 5) is 21.8. The van der Waals surface area contributed by atoms with Crippen LogP contribution in [-0.4, -0.2) is 12.2 Å². The van der Waals surface area contributed by atoms with Crippen LogP contribution in [0.25, 0.3) is 11.3 Å². The minimum absolute atomic E-state index is 0.151. The SMILES string of the molecule is CC(=O)Nc1ccc(C)cc1-c1ccc(C=O)o1. The standard InChI is InChI=1S/C14H13NO3/c1-9-3-5-13(15-10(2)17)12(7-9)14-6-4-11(8-16)18-14/h3-8H,1-2H3,(H,15,17). The molecule has 0 spiro atoms. The van der Waals surface area contributed by atoms with E-state index in [-0.39, 0.29) is 11.7 Å². The summed E-state index contributed by atoms with van der Waals surface area (Å²) in [5, 5.41) is 2.74. The van der Waals surface area contributed by atoms with Crippen LogP contribution in [0.15, 0.2) is 34.7 Å². The molecule has 92 valence electrons. The molecule has 0 aliphatic carbocycles. The van der Waals surface area contributed by atoms with Crippen molar-refractivity contribution in [3.8, 4) is 11.3 Å². The summed E-state index contributed by atoms with van der Waals surface area (Å²) < 4.78 is 5.38. The molecule has 0 saturated carbocycles. The number of carbonyl (C=O) groups excluding carboxylic acids is 2. The number of furan rings is 1. The van der Waals surface area contributed by atoms with Crippen molar-refractivity contribution in [3.05, 3.63) is 41.7 Å². The van der Waals surface area contributed by atoms with E-state index in [0.29, 0.717) is 17.7 Å². The van der Waals surface area contributed by atoms with Crippen molar-refractivity contribution in [2.75, 3.05) is 5.32 Å². The fraction of sp³-hybridized carbons (Fsp3) is 0.143. The molecule has 0 radical (unpaired) electrons. The van der Waals surface area contributed by atoms with E-state index in [0.717, 1.165) is 11.1 Å². The van der Waals surface area contributed by atoms with E-state index >= 15 is 0 Å². The van der Waals surface area contributed by atoms with Gasteiger partial charge in [-0.25, -0.2) is 0 Å². The van der Waals surface area contributed by atoms with Gasteiger partial charge < -0.3 is 9.73 Å². The fourth-order valence-electron chi connectivity index (χ4n) is 1.72. The van der Waals surface area contributed by atoms with Crippen molar-refractivity contribution in [3.63, 3.8) is 0 Å².